The van der Waals surface area contributed by atoms with Gasteiger partial charge in [0.1, 0.15) is 12.1 Å². The van der Waals surface area contributed by atoms with Crippen LogP contribution in [0.2, 0.25) is 0 Å². The lowest BCUT2D eigenvalue weighted by molar-refractivity contribution is -0.383. The molecule has 0 bridgehead atoms. The highest BCUT2D eigenvalue weighted by Gasteiger charge is 2.25. The zero-order valence-corrected chi connectivity index (χ0v) is 17.6. The largest absolute Gasteiger partial charge is 0.355 e. The molecule has 2 N–H and O–H groups in total. The van der Waals surface area contributed by atoms with E-state index in [1.807, 2.05) is 60.7 Å². The lowest BCUT2D eigenvalue weighted by Gasteiger charge is -2.26. The first-order chi connectivity index (χ1) is 15.1. The number of pyridine rings is 1. The van der Waals surface area contributed by atoms with Crippen molar-refractivity contribution in [2.75, 3.05) is 15.8 Å². The maximum Gasteiger partial charge on any atom is 0.355 e. The van der Waals surface area contributed by atoms with Gasteiger partial charge in [0.25, 0.3) is 0 Å². The van der Waals surface area contributed by atoms with Gasteiger partial charge in [0, 0.05) is 10.7 Å². The second-order valence-corrected chi connectivity index (χ2v) is 7.20. The number of nitrogens with one attached hydrogen (secondary N) is 2. The second kappa shape index (κ2) is 9.18. The third-order valence-electron chi connectivity index (χ3n) is 4.23. The van der Waals surface area contributed by atoms with Gasteiger partial charge >= 0.3 is 5.69 Å². The Balaban J connectivity index is 1.74. The Hall–Kier alpha value is -4.05. The van der Waals surface area contributed by atoms with Gasteiger partial charge in [0.15, 0.2) is 0 Å². The molecule has 0 aliphatic rings. The van der Waals surface area contributed by atoms with Gasteiger partial charge < -0.3 is 5.32 Å². The fraction of sp³-hybridized carbons (Fsp3) is 0. The number of anilines is 5. The molecular weight excluding hydrogens is 462 g/mol. The molecule has 154 valence electrons. The summed E-state index contributed by atoms with van der Waals surface area (Å²) in [5, 5.41) is 16.6. The van der Waals surface area contributed by atoms with Gasteiger partial charge in [-0.3, -0.25) is 20.5 Å². The Morgan fingerprint density at radius 1 is 0.839 bits per heavy atom. The van der Waals surface area contributed by atoms with Crippen molar-refractivity contribution in [2.45, 2.75) is 0 Å². The van der Waals surface area contributed by atoms with Crippen LogP contribution in [-0.4, -0.2) is 19.9 Å². The summed E-state index contributed by atoms with van der Waals surface area (Å²) in [6, 6.07) is 22.3. The first-order valence-electron chi connectivity index (χ1n) is 9.16. The summed E-state index contributed by atoms with van der Waals surface area (Å²) < 4.78 is 0.791. The van der Waals surface area contributed by atoms with Crippen LogP contribution in [0.1, 0.15) is 0 Å². The molecule has 31 heavy (non-hydrogen) atoms. The maximum atomic E-state index is 11.9. The van der Waals surface area contributed by atoms with E-state index < -0.39 is 4.92 Å². The van der Waals surface area contributed by atoms with Crippen LogP contribution in [0.5, 0.6) is 0 Å². The van der Waals surface area contributed by atoms with E-state index in [1.54, 1.807) is 23.3 Å². The molecule has 10 heteroatoms. The summed E-state index contributed by atoms with van der Waals surface area (Å²) >= 11 is 3.31. The third-order valence-corrected chi connectivity index (χ3v) is 4.69. The van der Waals surface area contributed by atoms with Crippen LogP contribution >= 0.6 is 15.9 Å². The van der Waals surface area contributed by atoms with Crippen molar-refractivity contribution in [3.05, 3.63) is 99.9 Å². The van der Waals surface area contributed by atoms with E-state index >= 15 is 0 Å². The molecule has 0 amide bonds. The summed E-state index contributed by atoms with van der Waals surface area (Å²) in [6.45, 7) is 0. The zero-order chi connectivity index (χ0) is 21.6. The SMILES string of the molecule is O=[N+]([O-])c1c(Nc2ccc(Br)cn2)ncnc1NN(c1ccccc1)c1ccccc1. The van der Waals surface area contributed by atoms with Crippen LogP contribution in [0.4, 0.5) is 34.5 Å². The number of halogens is 1. The van der Waals surface area contributed by atoms with Crippen molar-refractivity contribution >= 4 is 50.4 Å². The quantitative estimate of drug-likeness (QED) is 0.267. The van der Waals surface area contributed by atoms with Gasteiger partial charge in [0.2, 0.25) is 11.6 Å². The monoisotopic (exact) mass is 477 g/mol. The molecule has 0 aliphatic heterocycles. The van der Waals surface area contributed by atoms with Gasteiger partial charge in [-0.05, 0) is 52.3 Å². The number of hydrogen-bond donors (Lipinski definition) is 2. The molecule has 0 radical (unpaired) electrons. The molecule has 0 saturated carbocycles. The summed E-state index contributed by atoms with van der Waals surface area (Å²) in [5.74, 6) is 0.477. The molecule has 2 heterocycles. The van der Waals surface area contributed by atoms with E-state index in [9.17, 15) is 10.1 Å². The van der Waals surface area contributed by atoms with Crippen LogP contribution < -0.4 is 15.8 Å². The van der Waals surface area contributed by atoms with Gasteiger partial charge in [-0.25, -0.2) is 15.0 Å². The van der Waals surface area contributed by atoms with Gasteiger partial charge in [-0.15, -0.1) is 0 Å². The summed E-state index contributed by atoms with van der Waals surface area (Å²) in [6.07, 6.45) is 2.84. The van der Waals surface area contributed by atoms with Crippen LogP contribution in [0.15, 0.2) is 89.8 Å². The molecule has 0 unspecified atom stereocenters. The number of hydrazine groups is 1. The Morgan fingerprint density at radius 2 is 1.45 bits per heavy atom. The van der Waals surface area contributed by atoms with Crippen LogP contribution in [-0.2, 0) is 0 Å². The third kappa shape index (κ3) is 4.75. The molecule has 0 atom stereocenters. The second-order valence-electron chi connectivity index (χ2n) is 6.28. The lowest BCUT2D eigenvalue weighted by atomic mass is 10.2. The van der Waals surface area contributed by atoms with Crippen molar-refractivity contribution in [1.82, 2.24) is 15.0 Å². The first-order valence-corrected chi connectivity index (χ1v) is 9.96. The molecule has 0 spiro atoms. The molecule has 4 aromatic rings. The molecule has 0 aliphatic carbocycles. The van der Waals surface area contributed by atoms with E-state index in [2.05, 4.69) is 41.6 Å². The Morgan fingerprint density at radius 3 is 2.00 bits per heavy atom. The lowest BCUT2D eigenvalue weighted by Crippen LogP contribution is -2.26. The Kier molecular flexibility index (Phi) is 5.99. The Bertz CT molecular complexity index is 1140. The molecule has 4 rings (SSSR count). The minimum atomic E-state index is -0.530. The molecular formula is C21H16BrN7O2. The zero-order valence-electron chi connectivity index (χ0n) is 16.0. The van der Waals surface area contributed by atoms with Crippen molar-refractivity contribution in [3.63, 3.8) is 0 Å². The van der Waals surface area contributed by atoms with Crippen molar-refractivity contribution < 1.29 is 4.92 Å². The van der Waals surface area contributed by atoms with E-state index in [1.165, 1.54) is 6.33 Å². The van der Waals surface area contributed by atoms with E-state index in [0.29, 0.717) is 5.82 Å². The highest BCUT2D eigenvalue weighted by Crippen LogP contribution is 2.33. The molecule has 2 aromatic carbocycles. The van der Waals surface area contributed by atoms with Gasteiger partial charge in [-0.1, -0.05) is 36.4 Å². The predicted octanol–water partition coefficient (Wildman–Crippen LogP) is 5.45. The fourth-order valence-electron chi connectivity index (χ4n) is 2.83. The maximum absolute atomic E-state index is 11.9. The van der Waals surface area contributed by atoms with Crippen molar-refractivity contribution in [3.8, 4) is 0 Å². The standard InChI is InChI=1S/C21H16BrN7O2/c22-15-11-12-18(23-13-15)26-20-19(29(30)31)21(25-14-24-20)27-28(16-7-3-1-4-8-16)17-9-5-2-6-10-17/h1-14H,(H2,23,24,25,26,27). The highest BCUT2D eigenvalue weighted by atomic mass is 79.9. The average Bonchev–Trinajstić information content (AvgIpc) is 2.80. The summed E-state index contributed by atoms with van der Waals surface area (Å²) in [5.41, 5.74) is 4.33. The van der Waals surface area contributed by atoms with E-state index in [-0.39, 0.29) is 17.3 Å². The van der Waals surface area contributed by atoms with Crippen LogP contribution in [0.25, 0.3) is 0 Å². The van der Waals surface area contributed by atoms with Crippen LogP contribution in [0.3, 0.4) is 0 Å². The van der Waals surface area contributed by atoms with Crippen molar-refractivity contribution in [2.24, 2.45) is 0 Å². The first kappa shape index (κ1) is 20.2. The fourth-order valence-corrected chi connectivity index (χ4v) is 3.07. The number of nitrogens with zero attached hydrogens (tertiary/aromatic N) is 5. The normalized spacial score (nSPS) is 10.4. The molecule has 0 saturated heterocycles. The molecule has 9 nitrogen and oxygen atoms in total. The van der Waals surface area contributed by atoms with E-state index in [4.69, 9.17) is 0 Å². The minimum absolute atomic E-state index is 0.0263. The predicted molar refractivity (Wildman–Crippen MR) is 123 cm³/mol. The number of aromatic nitrogens is 3. The average molecular weight is 478 g/mol. The van der Waals surface area contributed by atoms with Gasteiger partial charge in [0.05, 0.1) is 16.3 Å². The summed E-state index contributed by atoms with van der Waals surface area (Å²) in [7, 11) is 0. The number of benzene rings is 2. The highest BCUT2D eigenvalue weighted by molar-refractivity contribution is 9.10. The van der Waals surface area contributed by atoms with Crippen molar-refractivity contribution in [1.29, 1.82) is 0 Å². The number of hydrogen-bond acceptors (Lipinski definition) is 8. The number of nitro groups is 1. The van der Waals surface area contributed by atoms with E-state index in [0.717, 1.165) is 15.8 Å². The van der Waals surface area contributed by atoms with Gasteiger partial charge in [-0.2, -0.15) is 0 Å². The molecule has 2 aromatic heterocycles. The molecule has 0 fully saturated rings. The van der Waals surface area contributed by atoms with Crippen LogP contribution in [0, 0.1) is 10.1 Å². The smallest absolute Gasteiger partial charge is 0.319 e. The topological polar surface area (TPSA) is 109 Å². The number of rotatable bonds is 7. The Labute approximate surface area is 186 Å². The summed E-state index contributed by atoms with van der Waals surface area (Å²) in [4.78, 5) is 23.8. The number of para-hydroxylation sites is 2. The minimum Gasteiger partial charge on any atom is -0.319 e.